The highest BCUT2D eigenvalue weighted by Gasteiger charge is 2.32. The fourth-order valence-corrected chi connectivity index (χ4v) is 4.88. The van der Waals surface area contributed by atoms with Crippen molar-refractivity contribution < 1.29 is 14.3 Å². The number of rotatable bonds is 2. The number of benzene rings is 1. The number of aromatic nitrogens is 2. The number of piperidine rings is 1. The van der Waals surface area contributed by atoms with Crippen LogP contribution in [0.15, 0.2) is 36.8 Å². The number of hydrogen-bond acceptors (Lipinski definition) is 5. The minimum absolute atomic E-state index is 0.0447. The second-order valence-corrected chi connectivity index (χ2v) is 9.21. The molecule has 4 rings (SSSR count). The van der Waals surface area contributed by atoms with Gasteiger partial charge in [0.2, 0.25) is 5.91 Å². The number of nitrogens with zero attached hydrogens (tertiary/aromatic N) is 4. The van der Waals surface area contributed by atoms with Gasteiger partial charge < -0.3 is 19.5 Å². The Morgan fingerprint density at radius 1 is 1.18 bits per heavy atom. The molecule has 0 unspecified atom stereocenters. The predicted molar refractivity (Wildman–Crippen MR) is 126 cm³/mol. The molecule has 8 heteroatoms. The lowest BCUT2D eigenvalue weighted by atomic mass is 9.86. The maximum absolute atomic E-state index is 13.2. The number of ether oxygens (including phenoxy) is 1. The molecule has 3 heterocycles. The largest absolute Gasteiger partial charge is 0.491 e. The molecule has 0 bridgehead atoms. The molecular weight excluding hydrogens is 418 g/mol. The number of carbonyl (C=O) groups is 2. The van der Waals surface area contributed by atoms with Crippen molar-refractivity contribution in [3.05, 3.63) is 48.0 Å². The van der Waals surface area contributed by atoms with Crippen LogP contribution in [0.2, 0.25) is 0 Å². The van der Waals surface area contributed by atoms with Crippen molar-refractivity contribution >= 4 is 11.8 Å². The number of amides is 2. The Hall–Kier alpha value is -2.87. The van der Waals surface area contributed by atoms with Crippen molar-refractivity contribution in [1.82, 2.24) is 24.7 Å². The summed E-state index contributed by atoms with van der Waals surface area (Å²) >= 11 is 0. The molecule has 0 radical (unpaired) electrons. The van der Waals surface area contributed by atoms with E-state index >= 15 is 0 Å². The van der Waals surface area contributed by atoms with Crippen LogP contribution < -0.4 is 10.1 Å². The number of carbonyl (C=O) groups excluding carboxylic acids is 2. The van der Waals surface area contributed by atoms with Crippen LogP contribution in [0.1, 0.15) is 48.7 Å². The molecule has 1 aromatic carbocycles. The van der Waals surface area contributed by atoms with Crippen LogP contribution >= 0.6 is 0 Å². The molecule has 2 aromatic rings. The standard InChI is InChI=1S/C25H35N5O3/c1-19(31)30-12-10-20-7-5-6-11-29(16-21-15-26-18-28(21)2)13-14-33-24-9-4-3-8-22(24)25(32)27-23(20)17-30/h3-4,8-9,15,18,20,23H,5-7,10-14,16-17H2,1-2H3,(H,27,32)/t20-,23+/m1/s1. The van der Waals surface area contributed by atoms with E-state index in [0.717, 1.165) is 51.9 Å². The molecule has 2 aliphatic rings. The molecule has 178 valence electrons. The third-order valence-corrected chi connectivity index (χ3v) is 6.92. The average Bonchev–Trinajstić information content (AvgIpc) is 3.21. The summed E-state index contributed by atoms with van der Waals surface area (Å²) in [4.78, 5) is 33.7. The number of likely N-dealkylation sites (tertiary alicyclic amines) is 1. The maximum Gasteiger partial charge on any atom is 0.255 e. The Bertz CT molecular complexity index is 959. The number of aryl methyl sites for hydroxylation is 1. The number of para-hydroxylation sites is 1. The molecule has 33 heavy (non-hydrogen) atoms. The van der Waals surface area contributed by atoms with Crippen LogP contribution in [-0.2, 0) is 18.4 Å². The van der Waals surface area contributed by atoms with Crippen LogP contribution in [0, 0.1) is 5.92 Å². The number of nitrogens with one attached hydrogen (secondary N) is 1. The summed E-state index contributed by atoms with van der Waals surface area (Å²) < 4.78 is 8.14. The first-order chi connectivity index (χ1) is 16.0. The van der Waals surface area contributed by atoms with Gasteiger partial charge in [-0.05, 0) is 43.9 Å². The van der Waals surface area contributed by atoms with Crippen molar-refractivity contribution in [2.75, 3.05) is 32.8 Å². The van der Waals surface area contributed by atoms with E-state index < -0.39 is 0 Å². The van der Waals surface area contributed by atoms with E-state index in [1.807, 2.05) is 48.7 Å². The second kappa shape index (κ2) is 10.8. The molecule has 1 fully saturated rings. The quantitative estimate of drug-likeness (QED) is 0.756. The third kappa shape index (κ3) is 5.93. The highest BCUT2D eigenvalue weighted by Crippen LogP contribution is 2.26. The number of imidazole rings is 1. The number of hydrogen-bond donors (Lipinski definition) is 1. The summed E-state index contributed by atoms with van der Waals surface area (Å²) in [5.74, 6) is 0.904. The van der Waals surface area contributed by atoms with Crippen molar-refractivity contribution in [1.29, 1.82) is 0 Å². The van der Waals surface area contributed by atoms with E-state index in [1.54, 1.807) is 6.92 Å². The van der Waals surface area contributed by atoms with Crippen LogP contribution in [0.4, 0.5) is 0 Å². The summed E-state index contributed by atoms with van der Waals surface area (Å²) in [6.45, 7) is 6.03. The highest BCUT2D eigenvalue weighted by atomic mass is 16.5. The Labute approximate surface area is 195 Å². The molecular formula is C25H35N5O3. The zero-order valence-electron chi connectivity index (χ0n) is 19.7. The van der Waals surface area contributed by atoms with E-state index in [4.69, 9.17) is 4.74 Å². The zero-order valence-corrected chi connectivity index (χ0v) is 19.7. The smallest absolute Gasteiger partial charge is 0.255 e. The van der Waals surface area contributed by atoms with Crippen molar-refractivity contribution in [2.24, 2.45) is 13.0 Å². The number of fused-ring (bicyclic) bond motifs is 2. The molecule has 0 spiro atoms. The first-order valence-corrected chi connectivity index (χ1v) is 12.0. The Morgan fingerprint density at radius 3 is 2.82 bits per heavy atom. The minimum atomic E-state index is -0.130. The van der Waals surface area contributed by atoms with Crippen molar-refractivity contribution in [3.8, 4) is 5.75 Å². The van der Waals surface area contributed by atoms with Gasteiger partial charge in [0.1, 0.15) is 12.4 Å². The SMILES string of the molecule is CC(=O)N1CC[C@H]2CCCCN(Cc3cncn3C)CCOc3ccccc3C(=O)N[C@H]2C1. The van der Waals surface area contributed by atoms with Crippen LogP contribution in [0.25, 0.3) is 0 Å². The summed E-state index contributed by atoms with van der Waals surface area (Å²) in [7, 11) is 2.02. The van der Waals surface area contributed by atoms with Crippen molar-refractivity contribution in [3.63, 3.8) is 0 Å². The van der Waals surface area contributed by atoms with Gasteiger partial charge in [0.15, 0.2) is 0 Å². The lowest BCUT2D eigenvalue weighted by molar-refractivity contribution is -0.130. The van der Waals surface area contributed by atoms with E-state index in [-0.39, 0.29) is 17.9 Å². The molecule has 1 N–H and O–H groups in total. The van der Waals surface area contributed by atoms with E-state index in [1.165, 1.54) is 5.69 Å². The molecule has 2 amide bonds. The molecule has 2 aliphatic heterocycles. The maximum atomic E-state index is 13.2. The van der Waals surface area contributed by atoms with Gasteiger partial charge in [-0.3, -0.25) is 14.5 Å². The normalized spacial score (nSPS) is 23.0. The molecule has 8 nitrogen and oxygen atoms in total. The minimum Gasteiger partial charge on any atom is -0.491 e. The molecule has 1 saturated heterocycles. The summed E-state index contributed by atoms with van der Waals surface area (Å²) in [6, 6.07) is 7.37. The monoisotopic (exact) mass is 453 g/mol. The Morgan fingerprint density at radius 2 is 2.03 bits per heavy atom. The van der Waals surface area contributed by atoms with E-state index in [0.29, 0.717) is 30.4 Å². The van der Waals surface area contributed by atoms with Gasteiger partial charge in [0, 0.05) is 52.4 Å². The summed E-state index contributed by atoms with van der Waals surface area (Å²) in [5.41, 5.74) is 1.72. The van der Waals surface area contributed by atoms with Gasteiger partial charge in [-0.2, -0.15) is 0 Å². The topological polar surface area (TPSA) is 79.7 Å². The second-order valence-electron chi connectivity index (χ2n) is 9.21. The molecule has 0 saturated carbocycles. The lowest BCUT2D eigenvalue weighted by Gasteiger charge is -2.39. The van der Waals surface area contributed by atoms with Gasteiger partial charge in [-0.15, -0.1) is 0 Å². The van der Waals surface area contributed by atoms with Crippen LogP contribution in [0.3, 0.4) is 0 Å². The zero-order chi connectivity index (χ0) is 23.2. The molecule has 0 aliphatic carbocycles. The van der Waals surface area contributed by atoms with Crippen LogP contribution in [0.5, 0.6) is 5.75 Å². The predicted octanol–water partition coefficient (Wildman–Crippen LogP) is 2.45. The third-order valence-electron chi connectivity index (χ3n) is 6.92. The summed E-state index contributed by atoms with van der Waals surface area (Å²) in [5, 5.41) is 3.23. The Kier molecular flexibility index (Phi) is 7.65. The van der Waals surface area contributed by atoms with Gasteiger partial charge in [0.05, 0.1) is 17.6 Å². The van der Waals surface area contributed by atoms with Crippen LogP contribution in [-0.4, -0.2) is 70.0 Å². The van der Waals surface area contributed by atoms with Gasteiger partial charge in [0.25, 0.3) is 5.91 Å². The molecule has 1 aromatic heterocycles. The fourth-order valence-electron chi connectivity index (χ4n) is 4.88. The Balaban J connectivity index is 1.53. The highest BCUT2D eigenvalue weighted by molar-refractivity contribution is 5.97. The molecule has 2 atom stereocenters. The first-order valence-electron chi connectivity index (χ1n) is 12.0. The average molecular weight is 454 g/mol. The fraction of sp³-hybridized carbons (Fsp3) is 0.560. The van der Waals surface area contributed by atoms with E-state index in [2.05, 4.69) is 19.8 Å². The lowest BCUT2D eigenvalue weighted by Crippen LogP contribution is -2.53. The van der Waals surface area contributed by atoms with E-state index in [9.17, 15) is 9.59 Å². The van der Waals surface area contributed by atoms with Gasteiger partial charge in [-0.1, -0.05) is 18.6 Å². The first kappa shape index (κ1) is 23.3. The van der Waals surface area contributed by atoms with Gasteiger partial charge in [-0.25, -0.2) is 4.98 Å². The van der Waals surface area contributed by atoms with Crippen molar-refractivity contribution in [2.45, 2.75) is 45.2 Å². The van der Waals surface area contributed by atoms with Gasteiger partial charge >= 0.3 is 0 Å². The summed E-state index contributed by atoms with van der Waals surface area (Å²) in [6.07, 6.45) is 7.89.